The summed E-state index contributed by atoms with van der Waals surface area (Å²) in [6, 6.07) is 15.0. The third kappa shape index (κ3) is 5.00. The number of fused-ring (bicyclic) bond motifs is 1. The van der Waals surface area contributed by atoms with Crippen molar-refractivity contribution in [3.8, 4) is 0 Å². The van der Waals surface area contributed by atoms with Crippen molar-refractivity contribution in [3.05, 3.63) is 64.4 Å². The van der Waals surface area contributed by atoms with Crippen LogP contribution in [0.4, 0.5) is 5.82 Å². The Balaban J connectivity index is 1.69. The lowest BCUT2D eigenvalue weighted by Crippen LogP contribution is -2.33. The lowest BCUT2D eigenvalue weighted by Gasteiger charge is -2.27. The number of nitrogens with zero attached hydrogens (tertiary/aromatic N) is 2. The normalized spacial score (nSPS) is 19.6. The van der Waals surface area contributed by atoms with Crippen LogP contribution in [0, 0.1) is 0 Å². The van der Waals surface area contributed by atoms with Gasteiger partial charge in [-0.2, -0.15) is 0 Å². The number of anilines is 1. The summed E-state index contributed by atoms with van der Waals surface area (Å²) in [7, 11) is 0. The first-order valence-electron chi connectivity index (χ1n) is 10.8. The minimum atomic E-state index is 0.329. The number of halogens is 1. The minimum absolute atomic E-state index is 0.329. The van der Waals surface area contributed by atoms with Crippen LogP contribution in [-0.2, 0) is 0 Å². The Labute approximate surface area is 183 Å². The first-order valence-corrected chi connectivity index (χ1v) is 11.1. The van der Waals surface area contributed by atoms with Crippen LogP contribution < -0.4 is 11.1 Å². The van der Waals surface area contributed by atoms with Gasteiger partial charge in [0.2, 0.25) is 0 Å². The Morgan fingerprint density at radius 1 is 1.00 bits per heavy atom. The van der Waals surface area contributed by atoms with E-state index in [4.69, 9.17) is 27.3 Å². The van der Waals surface area contributed by atoms with Crippen LogP contribution in [0.2, 0.25) is 5.02 Å². The Kier molecular flexibility index (Phi) is 6.35. The third-order valence-corrected chi connectivity index (χ3v) is 6.06. The zero-order valence-electron chi connectivity index (χ0n) is 17.6. The highest BCUT2D eigenvalue weighted by Crippen LogP contribution is 2.28. The summed E-state index contributed by atoms with van der Waals surface area (Å²) in [4.78, 5) is 9.67. The first kappa shape index (κ1) is 20.8. The van der Waals surface area contributed by atoms with E-state index in [-0.39, 0.29) is 0 Å². The van der Waals surface area contributed by atoms with Gasteiger partial charge in [-0.05, 0) is 73.1 Å². The molecule has 1 saturated carbocycles. The zero-order valence-corrected chi connectivity index (χ0v) is 18.4. The molecule has 2 aromatic carbocycles. The molecule has 5 heteroatoms. The Bertz CT molecular complexity index is 1030. The standard InChI is InChI=1S/C25H29ClN4/c1-16(2)18-6-13-23-22(15-18)25(28-21-11-9-20(27)10-12-21)30-24(29-23)14-5-17-3-7-19(26)8-4-17/h3-8,13-16,20-21H,9-12,27H2,1-2H3,(H,28,29,30)/b14-5+. The maximum absolute atomic E-state index is 6.09. The summed E-state index contributed by atoms with van der Waals surface area (Å²) < 4.78 is 0. The smallest absolute Gasteiger partial charge is 0.154 e. The number of aromatic nitrogens is 2. The molecule has 1 aliphatic rings. The molecule has 4 nitrogen and oxygen atoms in total. The lowest BCUT2D eigenvalue weighted by molar-refractivity contribution is 0.410. The van der Waals surface area contributed by atoms with Gasteiger partial charge >= 0.3 is 0 Å². The monoisotopic (exact) mass is 420 g/mol. The molecule has 3 aromatic rings. The molecule has 0 spiro atoms. The number of hydrogen-bond donors (Lipinski definition) is 2. The second-order valence-electron chi connectivity index (χ2n) is 8.50. The lowest BCUT2D eigenvalue weighted by atomic mass is 9.91. The maximum Gasteiger partial charge on any atom is 0.154 e. The molecule has 3 N–H and O–H groups in total. The summed E-state index contributed by atoms with van der Waals surface area (Å²) in [6.45, 7) is 4.42. The summed E-state index contributed by atoms with van der Waals surface area (Å²) in [6.07, 6.45) is 8.24. The van der Waals surface area contributed by atoms with Crippen LogP contribution in [0.5, 0.6) is 0 Å². The Morgan fingerprint density at radius 3 is 2.43 bits per heavy atom. The van der Waals surface area contributed by atoms with E-state index in [1.165, 1.54) is 5.56 Å². The van der Waals surface area contributed by atoms with Crippen molar-refractivity contribution in [2.45, 2.75) is 57.5 Å². The highest BCUT2D eigenvalue weighted by Gasteiger charge is 2.20. The predicted molar refractivity (Wildman–Crippen MR) is 128 cm³/mol. The van der Waals surface area contributed by atoms with Gasteiger partial charge in [0.25, 0.3) is 0 Å². The fraction of sp³-hybridized carbons (Fsp3) is 0.360. The highest BCUT2D eigenvalue weighted by molar-refractivity contribution is 6.30. The second kappa shape index (κ2) is 9.15. The number of benzene rings is 2. The van der Waals surface area contributed by atoms with Gasteiger partial charge in [-0.3, -0.25) is 0 Å². The molecule has 1 fully saturated rings. The molecular formula is C25H29ClN4. The second-order valence-corrected chi connectivity index (χ2v) is 8.94. The molecule has 0 radical (unpaired) electrons. The van der Waals surface area contributed by atoms with Gasteiger partial charge in [0.15, 0.2) is 5.82 Å². The van der Waals surface area contributed by atoms with Crippen molar-refractivity contribution in [2.75, 3.05) is 5.32 Å². The molecule has 0 aliphatic heterocycles. The van der Waals surface area contributed by atoms with E-state index in [1.54, 1.807) is 0 Å². The van der Waals surface area contributed by atoms with E-state index in [2.05, 4.69) is 37.4 Å². The maximum atomic E-state index is 6.09. The van der Waals surface area contributed by atoms with Crippen LogP contribution in [0.1, 0.15) is 62.4 Å². The van der Waals surface area contributed by atoms with Crippen molar-refractivity contribution in [2.24, 2.45) is 5.73 Å². The summed E-state index contributed by atoms with van der Waals surface area (Å²) in [5.74, 6) is 2.07. The molecule has 0 amide bonds. The van der Waals surface area contributed by atoms with Gasteiger partial charge in [0.1, 0.15) is 5.82 Å². The fourth-order valence-electron chi connectivity index (χ4n) is 3.91. The quantitative estimate of drug-likeness (QED) is 0.511. The predicted octanol–water partition coefficient (Wildman–Crippen LogP) is 6.26. The molecule has 4 rings (SSSR count). The summed E-state index contributed by atoms with van der Waals surface area (Å²) >= 11 is 5.99. The average Bonchev–Trinajstić information content (AvgIpc) is 2.74. The van der Waals surface area contributed by atoms with Crippen LogP contribution in [-0.4, -0.2) is 22.1 Å². The average molecular weight is 421 g/mol. The highest BCUT2D eigenvalue weighted by atomic mass is 35.5. The summed E-state index contributed by atoms with van der Waals surface area (Å²) in [5, 5.41) is 5.51. The van der Waals surface area contributed by atoms with E-state index in [9.17, 15) is 0 Å². The SMILES string of the molecule is CC(C)c1ccc2nc(/C=C/c3ccc(Cl)cc3)nc(NC3CCC(N)CC3)c2c1. The van der Waals surface area contributed by atoms with Crippen LogP contribution in [0.3, 0.4) is 0 Å². The van der Waals surface area contributed by atoms with Crippen LogP contribution >= 0.6 is 11.6 Å². The number of rotatable bonds is 5. The zero-order chi connectivity index (χ0) is 21.1. The van der Waals surface area contributed by atoms with E-state index in [1.807, 2.05) is 36.4 Å². The molecule has 1 heterocycles. The van der Waals surface area contributed by atoms with Crippen LogP contribution in [0.15, 0.2) is 42.5 Å². The third-order valence-electron chi connectivity index (χ3n) is 5.81. The molecule has 0 atom stereocenters. The number of nitrogens with one attached hydrogen (secondary N) is 1. The van der Waals surface area contributed by atoms with E-state index in [0.29, 0.717) is 23.8 Å². The Morgan fingerprint density at radius 2 is 1.73 bits per heavy atom. The number of hydrogen-bond acceptors (Lipinski definition) is 4. The van der Waals surface area contributed by atoms with Gasteiger partial charge in [-0.15, -0.1) is 0 Å². The van der Waals surface area contributed by atoms with Crippen molar-refractivity contribution in [1.29, 1.82) is 0 Å². The fourth-order valence-corrected chi connectivity index (χ4v) is 4.04. The van der Waals surface area contributed by atoms with Crippen molar-refractivity contribution in [1.82, 2.24) is 9.97 Å². The molecule has 1 aliphatic carbocycles. The largest absolute Gasteiger partial charge is 0.367 e. The topological polar surface area (TPSA) is 63.8 Å². The van der Waals surface area contributed by atoms with Gasteiger partial charge < -0.3 is 11.1 Å². The first-order chi connectivity index (χ1) is 14.5. The van der Waals surface area contributed by atoms with Crippen molar-refractivity contribution >= 4 is 40.5 Å². The summed E-state index contributed by atoms with van der Waals surface area (Å²) in [5.41, 5.74) is 9.41. The molecule has 0 saturated heterocycles. The van der Waals surface area contributed by atoms with Gasteiger partial charge in [-0.25, -0.2) is 9.97 Å². The Hall–Kier alpha value is -2.43. The van der Waals surface area contributed by atoms with E-state index >= 15 is 0 Å². The van der Waals surface area contributed by atoms with Gasteiger partial charge in [0, 0.05) is 22.5 Å². The van der Waals surface area contributed by atoms with Crippen molar-refractivity contribution in [3.63, 3.8) is 0 Å². The van der Waals surface area contributed by atoms with Crippen LogP contribution in [0.25, 0.3) is 23.1 Å². The molecule has 0 unspecified atom stereocenters. The molecule has 0 bridgehead atoms. The van der Waals surface area contributed by atoms with Gasteiger partial charge in [-0.1, -0.05) is 49.7 Å². The van der Waals surface area contributed by atoms with E-state index in [0.717, 1.165) is 53.0 Å². The molecule has 1 aromatic heterocycles. The van der Waals surface area contributed by atoms with E-state index < -0.39 is 0 Å². The number of nitrogens with two attached hydrogens (primary N) is 1. The molecule has 156 valence electrons. The minimum Gasteiger partial charge on any atom is -0.367 e. The molecule has 30 heavy (non-hydrogen) atoms. The van der Waals surface area contributed by atoms with Crippen molar-refractivity contribution < 1.29 is 0 Å². The van der Waals surface area contributed by atoms with Gasteiger partial charge in [0.05, 0.1) is 5.52 Å². The molecular weight excluding hydrogens is 392 g/mol.